The van der Waals surface area contributed by atoms with Crippen molar-refractivity contribution in [2.24, 2.45) is 5.92 Å². The molecular formula is C15H22N4. The summed E-state index contributed by atoms with van der Waals surface area (Å²) in [5.41, 5.74) is 4.42. The normalized spacial score (nSPS) is 11.2. The Morgan fingerprint density at radius 2 is 2.05 bits per heavy atom. The van der Waals surface area contributed by atoms with Gasteiger partial charge in [-0.3, -0.25) is 4.98 Å². The number of pyridine rings is 1. The van der Waals surface area contributed by atoms with Gasteiger partial charge < -0.3 is 9.88 Å². The average Bonchev–Trinajstić information content (AvgIpc) is 2.70. The molecule has 2 rings (SSSR count). The number of aromatic nitrogens is 3. The summed E-state index contributed by atoms with van der Waals surface area (Å²) < 4.78 is 2.10. The summed E-state index contributed by atoms with van der Waals surface area (Å²) in [4.78, 5) is 8.74. The standard InChI is InChI=1S/C15H22N4/c1-11(2)8-16-9-14-7-15(5-6-17-14)19-10-18-12(3)13(19)4/h5-7,10-11,16H,8-9H2,1-4H3. The molecule has 0 fully saturated rings. The van der Waals surface area contributed by atoms with E-state index in [2.05, 4.69) is 46.7 Å². The Morgan fingerprint density at radius 3 is 2.68 bits per heavy atom. The summed E-state index contributed by atoms with van der Waals surface area (Å²) in [7, 11) is 0. The van der Waals surface area contributed by atoms with Crippen molar-refractivity contribution in [1.29, 1.82) is 0 Å². The molecule has 2 aromatic rings. The first-order valence-corrected chi connectivity index (χ1v) is 6.74. The second kappa shape index (κ2) is 5.97. The van der Waals surface area contributed by atoms with E-state index >= 15 is 0 Å². The summed E-state index contributed by atoms with van der Waals surface area (Å²) in [5, 5.41) is 3.41. The van der Waals surface area contributed by atoms with Crippen LogP contribution in [0, 0.1) is 19.8 Å². The maximum atomic E-state index is 4.40. The SMILES string of the molecule is Cc1ncn(-c2ccnc(CNCC(C)C)c2)c1C. The van der Waals surface area contributed by atoms with Crippen molar-refractivity contribution in [2.75, 3.05) is 6.54 Å². The van der Waals surface area contributed by atoms with Crippen LogP contribution in [0.2, 0.25) is 0 Å². The molecule has 4 nitrogen and oxygen atoms in total. The van der Waals surface area contributed by atoms with Crippen LogP contribution in [0.15, 0.2) is 24.7 Å². The number of nitrogens with one attached hydrogen (secondary N) is 1. The molecule has 2 aromatic heterocycles. The first-order valence-electron chi connectivity index (χ1n) is 6.74. The van der Waals surface area contributed by atoms with Crippen molar-refractivity contribution in [3.63, 3.8) is 0 Å². The minimum Gasteiger partial charge on any atom is -0.311 e. The molecule has 0 unspecified atom stereocenters. The minimum atomic E-state index is 0.654. The largest absolute Gasteiger partial charge is 0.311 e. The second-order valence-corrected chi connectivity index (χ2v) is 5.32. The lowest BCUT2D eigenvalue weighted by Gasteiger charge is -2.09. The molecular weight excluding hydrogens is 236 g/mol. The number of aryl methyl sites for hydroxylation is 1. The van der Waals surface area contributed by atoms with Crippen LogP contribution >= 0.6 is 0 Å². The fraction of sp³-hybridized carbons (Fsp3) is 0.467. The molecule has 0 radical (unpaired) electrons. The molecule has 1 N–H and O–H groups in total. The zero-order chi connectivity index (χ0) is 13.8. The quantitative estimate of drug-likeness (QED) is 0.896. The third-order valence-electron chi connectivity index (χ3n) is 3.19. The molecule has 4 heteroatoms. The van der Waals surface area contributed by atoms with Gasteiger partial charge in [-0.05, 0) is 38.4 Å². The summed E-state index contributed by atoms with van der Waals surface area (Å²) in [5.74, 6) is 0.654. The molecule has 0 aliphatic carbocycles. The van der Waals surface area contributed by atoms with Crippen molar-refractivity contribution in [3.8, 4) is 5.69 Å². The molecule has 102 valence electrons. The van der Waals surface area contributed by atoms with E-state index in [1.165, 1.54) is 5.69 Å². The molecule has 19 heavy (non-hydrogen) atoms. The highest BCUT2D eigenvalue weighted by Gasteiger charge is 2.05. The van der Waals surface area contributed by atoms with Gasteiger partial charge in [-0.25, -0.2) is 4.98 Å². The van der Waals surface area contributed by atoms with Gasteiger partial charge in [0.1, 0.15) is 0 Å². The molecule has 0 aromatic carbocycles. The van der Waals surface area contributed by atoms with Crippen LogP contribution in [-0.2, 0) is 6.54 Å². The Labute approximate surface area is 114 Å². The van der Waals surface area contributed by atoms with Gasteiger partial charge in [0.25, 0.3) is 0 Å². The number of hydrogen-bond donors (Lipinski definition) is 1. The van der Waals surface area contributed by atoms with Crippen molar-refractivity contribution in [3.05, 3.63) is 41.7 Å². The predicted molar refractivity (Wildman–Crippen MR) is 77.4 cm³/mol. The first-order chi connectivity index (χ1) is 9.08. The van der Waals surface area contributed by atoms with E-state index in [4.69, 9.17) is 0 Å². The number of hydrogen-bond acceptors (Lipinski definition) is 3. The third kappa shape index (κ3) is 3.41. The van der Waals surface area contributed by atoms with E-state index in [0.717, 1.165) is 30.2 Å². The fourth-order valence-corrected chi connectivity index (χ4v) is 1.96. The summed E-state index contributed by atoms with van der Waals surface area (Å²) >= 11 is 0. The molecule has 0 bridgehead atoms. The van der Waals surface area contributed by atoms with E-state index in [-0.39, 0.29) is 0 Å². The molecule has 0 aliphatic heterocycles. The lowest BCUT2D eigenvalue weighted by Crippen LogP contribution is -2.19. The highest BCUT2D eigenvalue weighted by Crippen LogP contribution is 2.13. The lowest BCUT2D eigenvalue weighted by atomic mass is 10.2. The Bertz CT molecular complexity index is 543. The Balaban J connectivity index is 2.13. The molecule has 0 saturated heterocycles. The average molecular weight is 258 g/mol. The summed E-state index contributed by atoms with van der Waals surface area (Å²) in [6, 6.07) is 4.13. The molecule has 0 aliphatic rings. The van der Waals surface area contributed by atoms with Gasteiger partial charge in [0.2, 0.25) is 0 Å². The Kier molecular flexibility index (Phi) is 4.32. The first kappa shape index (κ1) is 13.7. The predicted octanol–water partition coefficient (Wildman–Crippen LogP) is 2.63. The number of rotatable bonds is 5. The van der Waals surface area contributed by atoms with Crippen molar-refractivity contribution in [1.82, 2.24) is 19.9 Å². The number of nitrogens with zero attached hydrogens (tertiary/aromatic N) is 3. The monoisotopic (exact) mass is 258 g/mol. The fourth-order valence-electron chi connectivity index (χ4n) is 1.96. The zero-order valence-corrected chi connectivity index (χ0v) is 12.1. The van der Waals surface area contributed by atoms with Gasteiger partial charge in [0.05, 0.1) is 23.4 Å². The third-order valence-corrected chi connectivity index (χ3v) is 3.19. The summed E-state index contributed by atoms with van der Waals surface area (Å²) in [6.45, 7) is 10.3. The van der Waals surface area contributed by atoms with Crippen LogP contribution in [0.3, 0.4) is 0 Å². The van der Waals surface area contributed by atoms with Crippen LogP contribution < -0.4 is 5.32 Å². The smallest absolute Gasteiger partial charge is 0.0997 e. The van der Waals surface area contributed by atoms with Gasteiger partial charge in [-0.1, -0.05) is 13.8 Å². The van der Waals surface area contributed by atoms with Gasteiger partial charge >= 0.3 is 0 Å². The van der Waals surface area contributed by atoms with Crippen molar-refractivity contribution in [2.45, 2.75) is 34.2 Å². The zero-order valence-electron chi connectivity index (χ0n) is 12.1. The minimum absolute atomic E-state index is 0.654. The summed E-state index contributed by atoms with van der Waals surface area (Å²) in [6.07, 6.45) is 3.72. The highest BCUT2D eigenvalue weighted by atomic mass is 15.1. The van der Waals surface area contributed by atoms with Crippen LogP contribution in [-0.4, -0.2) is 21.1 Å². The topological polar surface area (TPSA) is 42.7 Å². The lowest BCUT2D eigenvalue weighted by molar-refractivity contribution is 0.548. The van der Waals surface area contributed by atoms with Crippen LogP contribution in [0.1, 0.15) is 30.9 Å². The van der Waals surface area contributed by atoms with Crippen molar-refractivity contribution < 1.29 is 0 Å². The second-order valence-electron chi connectivity index (χ2n) is 5.32. The van der Waals surface area contributed by atoms with Gasteiger partial charge in [-0.15, -0.1) is 0 Å². The molecule has 0 spiro atoms. The maximum absolute atomic E-state index is 4.40. The van der Waals surface area contributed by atoms with E-state index < -0.39 is 0 Å². The van der Waals surface area contributed by atoms with E-state index in [1.54, 1.807) is 0 Å². The van der Waals surface area contributed by atoms with Crippen LogP contribution in [0.25, 0.3) is 5.69 Å². The molecule has 0 amide bonds. The molecule has 0 atom stereocenters. The molecule has 2 heterocycles. The van der Waals surface area contributed by atoms with Crippen LogP contribution in [0.4, 0.5) is 0 Å². The Morgan fingerprint density at radius 1 is 1.26 bits per heavy atom. The van der Waals surface area contributed by atoms with Crippen molar-refractivity contribution >= 4 is 0 Å². The Hall–Kier alpha value is -1.68. The van der Waals surface area contributed by atoms with Crippen LogP contribution in [0.5, 0.6) is 0 Å². The number of imidazole rings is 1. The van der Waals surface area contributed by atoms with E-state index in [0.29, 0.717) is 5.92 Å². The van der Waals surface area contributed by atoms with E-state index in [9.17, 15) is 0 Å². The van der Waals surface area contributed by atoms with E-state index in [1.807, 2.05) is 25.5 Å². The van der Waals surface area contributed by atoms with Gasteiger partial charge in [-0.2, -0.15) is 0 Å². The van der Waals surface area contributed by atoms with Gasteiger partial charge in [0, 0.05) is 18.4 Å². The highest BCUT2D eigenvalue weighted by molar-refractivity contribution is 5.35. The van der Waals surface area contributed by atoms with Gasteiger partial charge in [0.15, 0.2) is 0 Å². The molecule has 0 saturated carbocycles. The maximum Gasteiger partial charge on any atom is 0.0997 e.